The van der Waals surface area contributed by atoms with Crippen LogP contribution in [0.15, 0.2) is 24.3 Å². The van der Waals surface area contributed by atoms with Crippen molar-refractivity contribution in [3.8, 4) is 0 Å². The molecule has 1 aromatic rings. The van der Waals surface area contributed by atoms with Crippen molar-refractivity contribution in [1.82, 2.24) is 10.6 Å². The van der Waals surface area contributed by atoms with Crippen LogP contribution in [-0.4, -0.2) is 25.0 Å². The highest BCUT2D eigenvalue weighted by atomic mass is 35.5. The van der Waals surface area contributed by atoms with Crippen LogP contribution in [-0.2, 0) is 11.2 Å². The second kappa shape index (κ2) is 6.03. The number of hydrogen-bond donors (Lipinski definition) is 2. The normalized spacial score (nSPS) is 19.2. The van der Waals surface area contributed by atoms with Gasteiger partial charge in [-0.1, -0.05) is 23.7 Å². The van der Waals surface area contributed by atoms with Gasteiger partial charge in [0, 0.05) is 11.6 Å². The zero-order valence-electron chi connectivity index (χ0n) is 9.71. The molecule has 3 nitrogen and oxygen atoms in total. The Hall–Kier alpha value is -1.06. The van der Waals surface area contributed by atoms with Gasteiger partial charge in [-0.05, 0) is 43.5 Å². The number of carbonyl (C=O) groups excluding carboxylic acids is 1. The Balaban J connectivity index is 1.73. The summed E-state index contributed by atoms with van der Waals surface area (Å²) in [5.41, 5.74) is 1.15. The van der Waals surface area contributed by atoms with Crippen molar-refractivity contribution in [3.05, 3.63) is 34.9 Å². The fourth-order valence-electron chi connectivity index (χ4n) is 2.05. The van der Waals surface area contributed by atoms with Crippen LogP contribution in [0.1, 0.15) is 18.4 Å². The molecule has 2 rings (SSSR count). The van der Waals surface area contributed by atoms with E-state index >= 15 is 0 Å². The van der Waals surface area contributed by atoms with Gasteiger partial charge in [0.1, 0.15) is 0 Å². The zero-order chi connectivity index (χ0) is 12.1. The van der Waals surface area contributed by atoms with Crippen LogP contribution in [0.5, 0.6) is 0 Å². The summed E-state index contributed by atoms with van der Waals surface area (Å²) >= 11 is 5.89. The molecule has 1 saturated heterocycles. The second-order valence-corrected chi connectivity index (χ2v) is 4.76. The number of nitrogens with one attached hydrogen (secondary N) is 2. The zero-order valence-corrected chi connectivity index (χ0v) is 10.5. The average molecular weight is 253 g/mol. The smallest absolute Gasteiger partial charge is 0.237 e. The van der Waals surface area contributed by atoms with E-state index in [2.05, 4.69) is 10.6 Å². The lowest BCUT2D eigenvalue weighted by Gasteiger charge is -2.10. The summed E-state index contributed by atoms with van der Waals surface area (Å²) in [6.45, 7) is 1.61. The molecule has 1 aromatic carbocycles. The summed E-state index contributed by atoms with van der Waals surface area (Å²) in [5.74, 6) is 0.115. The number of halogens is 1. The van der Waals surface area contributed by atoms with E-state index in [0.29, 0.717) is 6.54 Å². The van der Waals surface area contributed by atoms with Gasteiger partial charge in [-0.2, -0.15) is 0 Å². The summed E-state index contributed by atoms with van der Waals surface area (Å²) in [6, 6.07) is 7.74. The first kappa shape index (κ1) is 12.4. The van der Waals surface area contributed by atoms with Gasteiger partial charge >= 0.3 is 0 Å². The summed E-state index contributed by atoms with van der Waals surface area (Å²) in [5, 5.41) is 6.87. The summed E-state index contributed by atoms with van der Waals surface area (Å²) in [7, 11) is 0. The standard InChI is InChI=1S/C13H17ClN2O/c14-11-4-1-3-10(9-11)6-8-16-13(17)12-5-2-7-15-12/h1,3-4,9,12,15H,2,5-8H2,(H,16,17). The number of carbonyl (C=O) groups is 1. The maximum absolute atomic E-state index is 11.7. The molecule has 1 fully saturated rings. The van der Waals surface area contributed by atoms with Gasteiger partial charge in [0.2, 0.25) is 5.91 Å². The summed E-state index contributed by atoms with van der Waals surface area (Å²) in [6.07, 6.45) is 2.86. The molecule has 92 valence electrons. The van der Waals surface area contributed by atoms with Crippen molar-refractivity contribution < 1.29 is 4.79 Å². The lowest BCUT2D eigenvalue weighted by atomic mass is 10.1. The van der Waals surface area contributed by atoms with Gasteiger partial charge in [0.25, 0.3) is 0 Å². The third kappa shape index (κ3) is 3.72. The van der Waals surface area contributed by atoms with Gasteiger partial charge in [-0.3, -0.25) is 4.79 Å². The van der Waals surface area contributed by atoms with Crippen LogP contribution in [0, 0.1) is 0 Å². The van der Waals surface area contributed by atoms with E-state index in [-0.39, 0.29) is 11.9 Å². The molecule has 0 aliphatic carbocycles. The molecule has 1 aliphatic rings. The van der Waals surface area contributed by atoms with E-state index in [1.54, 1.807) is 0 Å². The van der Waals surface area contributed by atoms with Gasteiger partial charge in [-0.15, -0.1) is 0 Å². The molecule has 1 heterocycles. The Kier molecular flexibility index (Phi) is 4.40. The predicted octanol–water partition coefficient (Wildman–Crippen LogP) is 1.75. The van der Waals surface area contributed by atoms with Crippen molar-refractivity contribution in [2.45, 2.75) is 25.3 Å². The molecule has 1 aliphatic heterocycles. The van der Waals surface area contributed by atoms with Crippen LogP contribution in [0.3, 0.4) is 0 Å². The van der Waals surface area contributed by atoms with Crippen molar-refractivity contribution >= 4 is 17.5 Å². The van der Waals surface area contributed by atoms with Crippen LogP contribution in [0.25, 0.3) is 0 Å². The molecule has 0 spiro atoms. The van der Waals surface area contributed by atoms with Gasteiger partial charge in [0.05, 0.1) is 6.04 Å². The molecule has 0 saturated carbocycles. The van der Waals surface area contributed by atoms with Crippen LogP contribution < -0.4 is 10.6 Å². The molecule has 1 amide bonds. The first-order valence-electron chi connectivity index (χ1n) is 6.01. The molecular weight excluding hydrogens is 236 g/mol. The van der Waals surface area contributed by atoms with E-state index in [9.17, 15) is 4.79 Å². The van der Waals surface area contributed by atoms with E-state index in [4.69, 9.17) is 11.6 Å². The van der Waals surface area contributed by atoms with E-state index in [1.165, 1.54) is 0 Å². The third-order valence-corrected chi connectivity index (χ3v) is 3.21. The monoisotopic (exact) mass is 252 g/mol. The van der Waals surface area contributed by atoms with Crippen molar-refractivity contribution in [3.63, 3.8) is 0 Å². The van der Waals surface area contributed by atoms with E-state index < -0.39 is 0 Å². The third-order valence-electron chi connectivity index (χ3n) is 2.98. The SMILES string of the molecule is O=C(NCCc1cccc(Cl)c1)C1CCCN1. The second-order valence-electron chi connectivity index (χ2n) is 4.32. The largest absolute Gasteiger partial charge is 0.354 e. The minimum Gasteiger partial charge on any atom is -0.354 e. The average Bonchev–Trinajstić information content (AvgIpc) is 2.82. The number of hydrogen-bond acceptors (Lipinski definition) is 2. The van der Waals surface area contributed by atoms with Gasteiger partial charge < -0.3 is 10.6 Å². The van der Waals surface area contributed by atoms with Crippen LogP contribution in [0.2, 0.25) is 5.02 Å². The highest BCUT2D eigenvalue weighted by molar-refractivity contribution is 6.30. The van der Waals surface area contributed by atoms with Crippen LogP contribution in [0.4, 0.5) is 0 Å². The first-order valence-corrected chi connectivity index (χ1v) is 6.39. The predicted molar refractivity (Wildman–Crippen MR) is 69.2 cm³/mol. The molecule has 0 radical (unpaired) electrons. The maximum atomic E-state index is 11.7. The van der Waals surface area contributed by atoms with E-state index in [1.807, 2.05) is 24.3 Å². The molecule has 4 heteroatoms. The Morgan fingerprint density at radius 3 is 3.12 bits per heavy atom. The van der Waals surface area contributed by atoms with Gasteiger partial charge in [-0.25, -0.2) is 0 Å². The van der Waals surface area contributed by atoms with E-state index in [0.717, 1.165) is 36.4 Å². The fraction of sp³-hybridized carbons (Fsp3) is 0.462. The number of benzene rings is 1. The van der Waals surface area contributed by atoms with Crippen LogP contribution >= 0.6 is 11.6 Å². The first-order chi connectivity index (χ1) is 8.25. The number of amides is 1. The molecule has 0 bridgehead atoms. The minimum atomic E-state index is 0.00867. The Morgan fingerprint density at radius 1 is 1.53 bits per heavy atom. The topological polar surface area (TPSA) is 41.1 Å². The highest BCUT2D eigenvalue weighted by Gasteiger charge is 2.21. The fourth-order valence-corrected chi connectivity index (χ4v) is 2.27. The minimum absolute atomic E-state index is 0.00867. The lowest BCUT2D eigenvalue weighted by molar-refractivity contribution is -0.122. The Bertz CT molecular complexity index is 389. The summed E-state index contributed by atoms with van der Waals surface area (Å²) < 4.78 is 0. The molecule has 17 heavy (non-hydrogen) atoms. The van der Waals surface area contributed by atoms with Crippen molar-refractivity contribution in [2.75, 3.05) is 13.1 Å². The number of rotatable bonds is 4. The molecular formula is C13H17ClN2O. The Labute approximate surface area is 107 Å². The Morgan fingerprint density at radius 2 is 2.41 bits per heavy atom. The van der Waals surface area contributed by atoms with Crippen molar-refractivity contribution in [2.24, 2.45) is 0 Å². The molecule has 0 aromatic heterocycles. The molecule has 1 atom stereocenters. The molecule has 2 N–H and O–H groups in total. The quantitative estimate of drug-likeness (QED) is 0.857. The maximum Gasteiger partial charge on any atom is 0.237 e. The lowest BCUT2D eigenvalue weighted by Crippen LogP contribution is -2.41. The van der Waals surface area contributed by atoms with Crippen molar-refractivity contribution in [1.29, 1.82) is 0 Å². The molecule has 1 unspecified atom stereocenters. The van der Waals surface area contributed by atoms with Gasteiger partial charge in [0.15, 0.2) is 0 Å². The highest BCUT2D eigenvalue weighted by Crippen LogP contribution is 2.10. The summed E-state index contributed by atoms with van der Waals surface area (Å²) in [4.78, 5) is 11.7.